The summed E-state index contributed by atoms with van der Waals surface area (Å²) in [6.45, 7) is 0. The Hall–Kier alpha value is -1.03. The van der Waals surface area contributed by atoms with E-state index in [2.05, 4.69) is 5.32 Å². The average molecular weight is 229 g/mol. The van der Waals surface area contributed by atoms with E-state index in [9.17, 15) is 13.2 Å². The molecule has 1 aliphatic rings. The fraction of sp³-hybridized carbons (Fsp3) is 0.500. The van der Waals surface area contributed by atoms with E-state index < -0.39 is 12.2 Å². The summed E-state index contributed by atoms with van der Waals surface area (Å²) in [5, 5.41) is 2.68. The molecular weight excluding hydrogens is 215 g/mol. The monoisotopic (exact) mass is 229 g/mol. The van der Waals surface area contributed by atoms with Crippen molar-refractivity contribution in [1.29, 1.82) is 0 Å². The zero-order valence-corrected chi connectivity index (χ0v) is 8.80. The average Bonchev–Trinajstić information content (AvgIpc) is 2.15. The SMILES string of the molecule is FC(F)(F)C(NC1CCC1)c1ccccc1. The molecule has 0 aromatic heterocycles. The zero-order chi connectivity index (χ0) is 11.6. The number of benzene rings is 1. The molecule has 1 fully saturated rings. The maximum atomic E-state index is 12.9. The molecular formula is C12H14F3N. The first-order valence-corrected chi connectivity index (χ1v) is 5.45. The van der Waals surface area contributed by atoms with Crippen molar-refractivity contribution in [2.24, 2.45) is 0 Å². The highest BCUT2D eigenvalue weighted by molar-refractivity contribution is 5.20. The maximum absolute atomic E-state index is 12.9. The molecule has 1 aromatic carbocycles. The highest BCUT2D eigenvalue weighted by Crippen LogP contribution is 2.34. The number of alkyl halides is 3. The van der Waals surface area contributed by atoms with Crippen LogP contribution < -0.4 is 5.32 Å². The van der Waals surface area contributed by atoms with E-state index in [1.165, 1.54) is 12.1 Å². The molecule has 0 bridgehead atoms. The maximum Gasteiger partial charge on any atom is 0.407 e. The van der Waals surface area contributed by atoms with E-state index in [4.69, 9.17) is 0 Å². The van der Waals surface area contributed by atoms with Gasteiger partial charge < -0.3 is 0 Å². The van der Waals surface area contributed by atoms with E-state index in [0.29, 0.717) is 5.56 Å². The molecule has 1 nitrogen and oxygen atoms in total. The third-order valence-electron chi connectivity index (χ3n) is 2.97. The van der Waals surface area contributed by atoms with Crippen LogP contribution in [0.25, 0.3) is 0 Å². The molecule has 0 saturated heterocycles. The van der Waals surface area contributed by atoms with Crippen molar-refractivity contribution < 1.29 is 13.2 Å². The summed E-state index contributed by atoms with van der Waals surface area (Å²) in [5.74, 6) is 0. The summed E-state index contributed by atoms with van der Waals surface area (Å²) < 4.78 is 38.6. The Morgan fingerprint density at radius 1 is 1.12 bits per heavy atom. The number of nitrogens with one attached hydrogen (secondary N) is 1. The molecule has 2 rings (SSSR count). The van der Waals surface area contributed by atoms with Crippen LogP contribution in [0, 0.1) is 0 Å². The summed E-state index contributed by atoms with van der Waals surface area (Å²) in [4.78, 5) is 0. The standard InChI is InChI=1S/C12H14F3N/c13-12(14,15)11(16-10-7-4-8-10)9-5-2-1-3-6-9/h1-3,5-6,10-11,16H,4,7-8H2. The van der Waals surface area contributed by atoms with Crippen LogP contribution >= 0.6 is 0 Å². The Morgan fingerprint density at radius 2 is 1.75 bits per heavy atom. The first kappa shape index (κ1) is 11.5. The van der Waals surface area contributed by atoms with Crippen molar-refractivity contribution in [2.45, 2.75) is 37.5 Å². The zero-order valence-electron chi connectivity index (χ0n) is 8.80. The second-order valence-electron chi connectivity index (χ2n) is 4.18. The van der Waals surface area contributed by atoms with Crippen molar-refractivity contribution in [2.75, 3.05) is 0 Å². The van der Waals surface area contributed by atoms with Gasteiger partial charge in [-0.2, -0.15) is 13.2 Å². The smallest absolute Gasteiger partial charge is 0.300 e. The van der Waals surface area contributed by atoms with Crippen LogP contribution in [-0.4, -0.2) is 12.2 Å². The van der Waals surface area contributed by atoms with E-state index in [-0.39, 0.29) is 6.04 Å². The highest BCUT2D eigenvalue weighted by Gasteiger charge is 2.42. The predicted molar refractivity (Wildman–Crippen MR) is 56.0 cm³/mol. The van der Waals surface area contributed by atoms with Crippen molar-refractivity contribution in [3.8, 4) is 0 Å². The number of hydrogen-bond acceptors (Lipinski definition) is 1. The van der Waals surface area contributed by atoms with Crippen LogP contribution in [0.5, 0.6) is 0 Å². The first-order valence-electron chi connectivity index (χ1n) is 5.45. The summed E-state index contributed by atoms with van der Waals surface area (Å²) >= 11 is 0. The van der Waals surface area contributed by atoms with Gasteiger partial charge in [0.25, 0.3) is 0 Å². The van der Waals surface area contributed by atoms with Crippen LogP contribution in [0.4, 0.5) is 13.2 Å². The van der Waals surface area contributed by atoms with Gasteiger partial charge >= 0.3 is 6.18 Å². The van der Waals surface area contributed by atoms with E-state index in [0.717, 1.165) is 19.3 Å². The fourth-order valence-corrected chi connectivity index (χ4v) is 1.84. The van der Waals surface area contributed by atoms with Crippen LogP contribution in [0.1, 0.15) is 30.9 Å². The van der Waals surface area contributed by atoms with Gasteiger partial charge in [0.1, 0.15) is 6.04 Å². The Morgan fingerprint density at radius 3 is 2.19 bits per heavy atom. The normalized spacial score (nSPS) is 19.2. The Kier molecular flexibility index (Phi) is 3.19. The highest BCUT2D eigenvalue weighted by atomic mass is 19.4. The van der Waals surface area contributed by atoms with Gasteiger partial charge in [0.2, 0.25) is 0 Å². The molecule has 4 heteroatoms. The van der Waals surface area contributed by atoms with Gasteiger partial charge in [-0.25, -0.2) is 0 Å². The predicted octanol–water partition coefficient (Wildman–Crippen LogP) is 3.43. The van der Waals surface area contributed by atoms with Crippen molar-refractivity contribution >= 4 is 0 Å². The molecule has 1 atom stereocenters. The molecule has 0 radical (unpaired) electrons. The largest absolute Gasteiger partial charge is 0.407 e. The molecule has 1 N–H and O–H groups in total. The topological polar surface area (TPSA) is 12.0 Å². The minimum Gasteiger partial charge on any atom is -0.300 e. The summed E-state index contributed by atoms with van der Waals surface area (Å²) in [7, 11) is 0. The lowest BCUT2D eigenvalue weighted by atomic mass is 9.91. The lowest BCUT2D eigenvalue weighted by Gasteiger charge is -2.32. The second kappa shape index (κ2) is 4.45. The van der Waals surface area contributed by atoms with E-state index >= 15 is 0 Å². The number of hydrogen-bond donors (Lipinski definition) is 1. The third-order valence-corrected chi connectivity index (χ3v) is 2.97. The van der Waals surface area contributed by atoms with Crippen molar-refractivity contribution in [3.63, 3.8) is 0 Å². The van der Waals surface area contributed by atoms with Gasteiger partial charge in [0.15, 0.2) is 0 Å². The quantitative estimate of drug-likeness (QED) is 0.837. The lowest BCUT2D eigenvalue weighted by Crippen LogP contribution is -2.43. The molecule has 1 saturated carbocycles. The Labute approximate surface area is 92.7 Å². The summed E-state index contributed by atoms with van der Waals surface area (Å²) in [6, 6.07) is 6.52. The van der Waals surface area contributed by atoms with Gasteiger partial charge in [0, 0.05) is 6.04 Å². The molecule has 1 aliphatic carbocycles. The second-order valence-corrected chi connectivity index (χ2v) is 4.18. The van der Waals surface area contributed by atoms with Gasteiger partial charge in [0.05, 0.1) is 0 Å². The van der Waals surface area contributed by atoms with Gasteiger partial charge in [-0.1, -0.05) is 36.8 Å². The summed E-state index contributed by atoms with van der Waals surface area (Å²) in [5.41, 5.74) is 0.293. The lowest BCUT2D eigenvalue weighted by molar-refractivity contribution is -0.161. The Bertz CT molecular complexity index is 330. The van der Waals surface area contributed by atoms with E-state index in [1.807, 2.05) is 0 Å². The number of rotatable bonds is 3. The molecule has 0 spiro atoms. The van der Waals surface area contributed by atoms with Crippen molar-refractivity contribution in [3.05, 3.63) is 35.9 Å². The molecule has 0 amide bonds. The van der Waals surface area contributed by atoms with Gasteiger partial charge in [-0.05, 0) is 18.4 Å². The van der Waals surface area contributed by atoms with Crippen LogP contribution in [0.2, 0.25) is 0 Å². The molecule has 16 heavy (non-hydrogen) atoms. The van der Waals surface area contributed by atoms with E-state index in [1.54, 1.807) is 18.2 Å². The van der Waals surface area contributed by atoms with Crippen LogP contribution in [-0.2, 0) is 0 Å². The van der Waals surface area contributed by atoms with Crippen LogP contribution in [0.3, 0.4) is 0 Å². The van der Waals surface area contributed by atoms with Crippen LogP contribution in [0.15, 0.2) is 30.3 Å². The molecule has 88 valence electrons. The third kappa shape index (κ3) is 2.55. The molecule has 0 aliphatic heterocycles. The summed E-state index contributed by atoms with van der Waals surface area (Å²) in [6.07, 6.45) is -1.51. The Balaban J connectivity index is 2.14. The minimum absolute atomic E-state index is 0.0202. The first-order chi connectivity index (χ1) is 7.57. The minimum atomic E-state index is -4.23. The number of halogens is 3. The molecule has 1 unspecified atom stereocenters. The fourth-order valence-electron chi connectivity index (χ4n) is 1.84. The van der Waals surface area contributed by atoms with Gasteiger partial charge in [-0.15, -0.1) is 0 Å². The molecule has 0 heterocycles. The molecule has 1 aromatic rings. The van der Waals surface area contributed by atoms with Crippen molar-refractivity contribution in [1.82, 2.24) is 5.32 Å². The van der Waals surface area contributed by atoms with Gasteiger partial charge in [-0.3, -0.25) is 5.32 Å².